The van der Waals surface area contributed by atoms with Crippen molar-refractivity contribution < 1.29 is 35.8 Å². The molecule has 0 saturated carbocycles. The minimum absolute atomic E-state index is 0. The average Bonchev–Trinajstić information content (AvgIpc) is 2.93. The molecule has 0 unspecified atom stereocenters. The molecule has 1 amide bonds. The predicted octanol–water partition coefficient (Wildman–Crippen LogP) is 6.30. The molecule has 264 valence electrons. The van der Waals surface area contributed by atoms with Crippen LogP contribution in [0.5, 0.6) is 0 Å². The normalized spacial score (nSPS) is 11.9. The summed E-state index contributed by atoms with van der Waals surface area (Å²) in [5, 5.41) is 13.8. The molecule has 0 aliphatic carbocycles. The van der Waals surface area contributed by atoms with Crippen LogP contribution < -0.4 is 10.4 Å². The van der Waals surface area contributed by atoms with E-state index in [0.717, 1.165) is 38.5 Å². The molecule has 0 aromatic carbocycles. The Hall–Kier alpha value is 0.0197. The van der Waals surface area contributed by atoms with Crippen molar-refractivity contribution >= 4 is 69.8 Å². The van der Waals surface area contributed by atoms with Crippen molar-refractivity contribution in [3.8, 4) is 0 Å². The zero-order valence-corrected chi connectivity index (χ0v) is 32.4. The maximum atomic E-state index is 11.4. The fourth-order valence-corrected chi connectivity index (χ4v) is 5.33. The number of nitrogens with zero attached hydrogens (tertiary/aromatic N) is 1. The number of amides is 1. The summed E-state index contributed by atoms with van der Waals surface area (Å²) in [6.45, 7) is 4.23. The number of rotatable bonds is 30. The molecule has 10 nitrogen and oxygen atoms in total. The van der Waals surface area contributed by atoms with Crippen molar-refractivity contribution in [2.75, 3.05) is 24.6 Å². The molecule has 0 spiro atoms. The standard InChI is InChI=1S/2C16H33NO4S.Ca/c2*1-2-3-4-5-6-7-8-9-10-11-12-13-16(18)17-14-15-22(19,20)21;/h2*2-15H2,1H3,(H,17,18)(H,19,20,21);/q;;+2/p-2. The van der Waals surface area contributed by atoms with Crippen LogP contribution in [0.1, 0.15) is 168 Å². The van der Waals surface area contributed by atoms with Crippen LogP contribution in [0.4, 0.5) is 0 Å². The van der Waals surface area contributed by atoms with E-state index in [9.17, 15) is 31.3 Å². The van der Waals surface area contributed by atoms with E-state index in [1.165, 1.54) is 103 Å². The van der Waals surface area contributed by atoms with Crippen molar-refractivity contribution in [1.29, 1.82) is 0 Å². The smallest absolute Gasteiger partial charge is 0.862 e. The van der Waals surface area contributed by atoms with Crippen molar-refractivity contribution in [2.24, 2.45) is 4.99 Å². The van der Waals surface area contributed by atoms with Gasteiger partial charge < -0.3 is 20.0 Å². The number of carbonyl (C=O) groups is 1. The third-order valence-corrected chi connectivity index (χ3v) is 8.72. The van der Waals surface area contributed by atoms with E-state index in [0.29, 0.717) is 12.8 Å². The molecule has 0 bridgehead atoms. The molecule has 45 heavy (non-hydrogen) atoms. The summed E-state index contributed by atoms with van der Waals surface area (Å²) in [5.74, 6) is -1.44. The summed E-state index contributed by atoms with van der Waals surface area (Å²) in [6, 6.07) is 0. The van der Waals surface area contributed by atoms with Gasteiger partial charge in [0, 0.05) is 13.0 Å². The Morgan fingerprint density at radius 2 is 0.978 bits per heavy atom. The molecule has 0 saturated heterocycles. The summed E-state index contributed by atoms with van der Waals surface area (Å²) in [4.78, 5) is 15.0. The van der Waals surface area contributed by atoms with Gasteiger partial charge in [-0.05, 0) is 25.2 Å². The quantitative estimate of drug-likeness (QED) is 0.0287. The van der Waals surface area contributed by atoms with Crippen LogP contribution in [0, 0.1) is 0 Å². The van der Waals surface area contributed by atoms with Crippen LogP contribution in [0.15, 0.2) is 4.99 Å². The Labute approximate surface area is 306 Å². The van der Waals surface area contributed by atoms with Gasteiger partial charge in [-0.3, -0.25) is 9.35 Å². The first-order valence-electron chi connectivity index (χ1n) is 17.3. The largest absolute Gasteiger partial charge is 2.00 e. The van der Waals surface area contributed by atoms with Crippen molar-refractivity contribution in [3.05, 3.63) is 0 Å². The topological polar surface area (TPSA) is 176 Å². The average molecular weight is 709 g/mol. The van der Waals surface area contributed by atoms with Gasteiger partial charge in [0.05, 0.1) is 28.2 Å². The van der Waals surface area contributed by atoms with Crippen molar-refractivity contribution in [1.82, 2.24) is 5.32 Å². The van der Waals surface area contributed by atoms with Crippen molar-refractivity contribution in [2.45, 2.75) is 168 Å². The van der Waals surface area contributed by atoms with Crippen LogP contribution in [0.2, 0.25) is 0 Å². The summed E-state index contributed by atoms with van der Waals surface area (Å²) in [5.41, 5.74) is 0. The molecule has 0 aromatic heterocycles. The number of unbranched alkanes of at least 4 members (excludes halogenated alkanes) is 20. The van der Waals surface area contributed by atoms with Gasteiger partial charge in [-0.2, -0.15) is 8.42 Å². The number of nitrogens with one attached hydrogen (secondary N) is 1. The second-order valence-electron chi connectivity index (χ2n) is 11.7. The SMILES string of the molecule is CCCCCCCCCCCCCC(=O)NCCS(=O)(=O)O.CCCCCCCCCCCCCC([O-])=NCCS(=O)(=O)[O-].[Ca+2]. The minimum Gasteiger partial charge on any atom is -0.862 e. The Kier molecular flexibility index (Phi) is 38.8. The van der Waals surface area contributed by atoms with Gasteiger partial charge >= 0.3 is 37.7 Å². The summed E-state index contributed by atoms with van der Waals surface area (Å²) in [6.07, 6.45) is 27.8. The van der Waals surface area contributed by atoms with E-state index in [-0.39, 0.29) is 62.6 Å². The molecular weight excluding hydrogens is 645 g/mol. The first-order valence-corrected chi connectivity index (χ1v) is 20.5. The number of hydrogen-bond acceptors (Lipinski definition) is 8. The van der Waals surface area contributed by atoms with E-state index in [1.54, 1.807) is 0 Å². The van der Waals surface area contributed by atoms with Crippen LogP contribution in [0.25, 0.3) is 0 Å². The fraction of sp³-hybridized carbons (Fsp3) is 0.938. The van der Waals surface area contributed by atoms with Gasteiger partial charge in [-0.1, -0.05) is 142 Å². The zero-order valence-electron chi connectivity index (χ0n) is 28.6. The monoisotopic (exact) mass is 708 g/mol. The Morgan fingerprint density at radius 1 is 0.622 bits per heavy atom. The summed E-state index contributed by atoms with van der Waals surface area (Å²) < 4.78 is 60.5. The van der Waals surface area contributed by atoms with Crippen LogP contribution >= 0.6 is 0 Å². The third kappa shape index (κ3) is 48.5. The molecule has 0 atom stereocenters. The third-order valence-electron chi connectivity index (χ3n) is 7.31. The van der Waals surface area contributed by atoms with Crippen molar-refractivity contribution in [3.63, 3.8) is 0 Å². The number of carbonyl (C=O) groups excluding carboxylic acids is 1. The zero-order chi connectivity index (χ0) is 33.4. The number of hydrogen-bond donors (Lipinski definition) is 2. The van der Waals surface area contributed by atoms with E-state index >= 15 is 0 Å². The second kappa shape index (κ2) is 35.3. The molecule has 0 fully saturated rings. The van der Waals surface area contributed by atoms with Crippen LogP contribution in [0.3, 0.4) is 0 Å². The van der Waals surface area contributed by atoms with Gasteiger partial charge in [0.25, 0.3) is 10.1 Å². The Balaban J connectivity index is -0.000000767. The van der Waals surface area contributed by atoms with Crippen LogP contribution in [-0.2, 0) is 25.0 Å². The minimum atomic E-state index is -4.26. The molecule has 0 heterocycles. The number of aliphatic imine (C=N–C) groups is 1. The van der Waals surface area contributed by atoms with Gasteiger partial charge in [0.2, 0.25) is 5.91 Å². The van der Waals surface area contributed by atoms with E-state index < -0.39 is 31.7 Å². The summed E-state index contributed by atoms with van der Waals surface area (Å²) >= 11 is 0. The molecule has 0 aliphatic rings. The molecule has 0 radical (unpaired) electrons. The van der Waals surface area contributed by atoms with Gasteiger partial charge in [-0.15, -0.1) is 0 Å². The van der Waals surface area contributed by atoms with E-state index in [4.69, 9.17) is 4.55 Å². The fourth-order valence-electron chi connectivity index (χ4n) is 4.66. The van der Waals surface area contributed by atoms with Crippen LogP contribution in [-0.4, -0.2) is 100 Å². The molecule has 0 aliphatic heterocycles. The maximum absolute atomic E-state index is 11.4. The second-order valence-corrected chi connectivity index (χ2v) is 14.8. The molecule has 0 rings (SSSR count). The van der Waals surface area contributed by atoms with Gasteiger partial charge in [-0.25, -0.2) is 8.42 Å². The first kappa shape index (κ1) is 49.4. The maximum Gasteiger partial charge on any atom is 2.00 e. The molecule has 2 N–H and O–H groups in total. The first-order chi connectivity index (χ1) is 20.9. The molecule has 0 aromatic rings. The Bertz CT molecular complexity index is 901. The molecular formula is C32H64CaN2O8S2. The van der Waals surface area contributed by atoms with E-state index in [1.807, 2.05) is 0 Å². The predicted molar refractivity (Wildman–Crippen MR) is 184 cm³/mol. The molecule has 13 heteroatoms. The summed E-state index contributed by atoms with van der Waals surface area (Å²) in [7, 11) is -8.24. The van der Waals surface area contributed by atoms with Gasteiger partial charge in [0.1, 0.15) is 0 Å². The van der Waals surface area contributed by atoms with Gasteiger partial charge in [0.15, 0.2) is 0 Å². The van der Waals surface area contributed by atoms with E-state index in [2.05, 4.69) is 24.2 Å². The Morgan fingerprint density at radius 3 is 1.33 bits per heavy atom.